The van der Waals surface area contributed by atoms with Crippen LogP contribution in [-0.4, -0.2) is 17.9 Å². The molecule has 13 heavy (non-hydrogen) atoms. The maximum absolute atomic E-state index is 10.5. The van der Waals surface area contributed by atoms with Gasteiger partial charge in [0.25, 0.3) is 5.91 Å². The van der Waals surface area contributed by atoms with Crippen LogP contribution in [0.3, 0.4) is 0 Å². The van der Waals surface area contributed by atoms with Crippen LogP contribution < -0.4 is 17.2 Å². The van der Waals surface area contributed by atoms with Crippen molar-refractivity contribution in [1.82, 2.24) is 0 Å². The third kappa shape index (κ3) is 4.12. The van der Waals surface area contributed by atoms with Gasteiger partial charge in [-0.15, -0.1) is 0 Å². The normalized spacial score (nSPS) is 14.7. The van der Waals surface area contributed by atoms with E-state index in [0.29, 0.717) is 0 Å². The van der Waals surface area contributed by atoms with Crippen LogP contribution in [0.2, 0.25) is 0 Å². The molecular formula is C6H9Cl2N3O2. The minimum atomic E-state index is -0.897. The summed E-state index contributed by atoms with van der Waals surface area (Å²) in [6, 6.07) is -0.890. The Morgan fingerprint density at radius 1 is 1.23 bits per heavy atom. The second kappa shape index (κ2) is 5.06. The van der Waals surface area contributed by atoms with Crippen molar-refractivity contribution < 1.29 is 9.59 Å². The van der Waals surface area contributed by atoms with E-state index in [1.54, 1.807) is 0 Å². The maximum Gasteiger partial charge on any atom is 0.261 e. The zero-order valence-corrected chi connectivity index (χ0v) is 8.10. The monoisotopic (exact) mass is 225 g/mol. The molecule has 0 radical (unpaired) electrons. The lowest BCUT2D eigenvalue weighted by molar-refractivity contribution is -0.118. The molecule has 1 atom stereocenters. The van der Waals surface area contributed by atoms with Crippen LogP contribution in [-0.2, 0) is 9.59 Å². The summed E-state index contributed by atoms with van der Waals surface area (Å²) >= 11 is 10.9. The highest BCUT2D eigenvalue weighted by Gasteiger charge is 2.16. The summed E-state index contributed by atoms with van der Waals surface area (Å²) in [4.78, 5) is 20.9. The van der Waals surface area contributed by atoms with Gasteiger partial charge in [0, 0.05) is 6.42 Å². The number of amides is 2. The zero-order chi connectivity index (χ0) is 10.6. The number of hydrogen-bond acceptors (Lipinski definition) is 3. The van der Waals surface area contributed by atoms with Gasteiger partial charge < -0.3 is 17.2 Å². The fourth-order valence-electron chi connectivity index (χ4n) is 0.587. The highest BCUT2D eigenvalue weighted by Crippen LogP contribution is 2.17. The highest BCUT2D eigenvalue weighted by molar-refractivity contribution is 6.48. The van der Waals surface area contributed by atoms with Crippen LogP contribution in [0.25, 0.3) is 0 Å². The predicted octanol–water partition coefficient (Wildman–Crippen LogP) is -0.636. The lowest BCUT2D eigenvalue weighted by Gasteiger charge is -2.08. The smallest absolute Gasteiger partial charge is 0.261 e. The van der Waals surface area contributed by atoms with Crippen molar-refractivity contribution in [3.8, 4) is 0 Å². The van der Waals surface area contributed by atoms with Gasteiger partial charge in [0.1, 0.15) is 5.03 Å². The largest absolute Gasteiger partial charge is 0.370 e. The number of hydrogen-bond donors (Lipinski definition) is 3. The van der Waals surface area contributed by atoms with Gasteiger partial charge >= 0.3 is 0 Å². The Bertz CT molecular complexity index is 265. The van der Waals surface area contributed by atoms with E-state index in [-0.39, 0.29) is 16.5 Å². The molecule has 0 saturated carbocycles. The van der Waals surface area contributed by atoms with Crippen LogP contribution in [0.5, 0.6) is 0 Å². The van der Waals surface area contributed by atoms with Crippen molar-refractivity contribution >= 4 is 35.0 Å². The number of carbonyl (C=O) groups is 2. The Morgan fingerprint density at radius 3 is 2.00 bits per heavy atom. The van der Waals surface area contributed by atoms with E-state index >= 15 is 0 Å². The molecule has 0 aliphatic heterocycles. The van der Waals surface area contributed by atoms with Crippen molar-refractivity contribution in [3.05, 3.63) is 10.1 Å². The topological polar surface area (TPSA) is 112 Å². The van der Waals surface area contributed by atoms with Gasteiger partial charge in [0.15, 0.2) is 0 Å². The molecule has 0 fully saturated rings. The predicted molar refractivity (Wildman–Crippen MR) is 49.7 cm³/mol. The molecule has 0 aromatic heterocycles. The first-order valence-corrected chi connectivity index (χ1v) is 4.00. The fraction of sp³-hybridized carbons (Fsp3) is 0.333. The minimum absolute atomic E-state index is 0.159. The summed E-state index contributed by atoms with van der Waals surface area (Å²) in [5.74, 6) is -1.54. The van der Waals surface area contributed by atoms with Gasteiger partial charge in [-0.25, -0.2) is 0 Å². The lowest BCUT2D eigenvalue weighted by atomic mass is 10.2. The average molecular weight is 226 g/mol. The van der Waals surface area contributed by atoms with Gasteiger partial charge in [-0.05, 0) is 0 Å². The summed E-state index contributed by atoms with van der Waals surface area (Å²) in [5, 5.41) is -0.539. The summed E-state index contributed by atoms with van der Waals surface area (Å²) in [6.07, 6.45) is -0.192. The molecule has 1 unspecified atom stereocenters. The number of primary amides is 2. The van der Waals surface area contributed by atoms with Crippen LogP contribution in [0.4, 0.5) is 0 Å². The molecule has 0 aliphatic rings. The van der Waals surface area contributed by atoms with E-state index in [9.17, 15) is 9.59 Å². The van der Waals surface area contributed by atoms with E-state index in [2.05, 4.69) is 0 Å². The van der Waals surface area contributed by atoms with Crippen molar-refractivity contribution in [1.29, 1.82) is 0 Å². The lowest BCUT2D eigenvalue weighted by Crippen LogP contribution is -2.29. The quantitative estimate of drug-likeness (QED) is 0.554. The van der Waals surface area contributed by atoms with Crippen molar-refractivity contribution in [2.75, 3.05) is 0 Å². The van der Waals surface area contributed by atoms with Gasteiger partial charge in [0.05, 0.1) is 11.1 Å². The second-order valence-electron chi connectivity index (χ2n) is 2.30. The fourth-order valence-corrected chi connectivity index (χ4v) is 0.897. The first kappa shape index (κ1) is 12.2. The molecule has 0 aliphatic carbocycles. The molecule has 7 heteroatoms. The van der Waals surface area contributed by atoms with Gasteiger partial charge in [-0.2, -0.15) is 0 Å². The Balaban J connectivity index is 4.57. The van der Waals surface area contributed by atoms with Crippen LogP contribution in [0, 0.1) is 0 Å². The Morgan fingerprint density at radius 2 is 1.69 bits per heavy atom. The SMILES string of the molecule is NC(=O)CC(N)/C(Cl)=C(\Cl)C(N)=O. The third-order valence-corrected chi connectivity index (χ3v) is 2.13. The first-order chi connectivity index (χ1) is 5.86. The van der Waals surface area contributed by atoms with Gasteiger partial charge in [0.2, 0.25) is 5.91 Å². The summed E-state index contributed by atoms with van der Waals surface area (Å²) < 4.78 is 0. The van der Waals surface area contributed by atoms with Crippen LogP contribution in [0.1, 0.15) is 6.42 Å². The molecule has 0 spiro atoms. The first-order valence-electron chi connectivity index (χ1n) is 3.25. The standard InChI is InChI=1S/C6H9Cl2N3O2/c7-4(5(8)6(11)13)2(9)1-3(10)12/h2H,1,9H2,(H2,10,12)(H2,11,13)/b5-4+. The number of nitrogens with two attached hydrogens (primary N) is 3. The number of rotatable bonds is 4. The molecular weight excluding hydrogens is 217 g/mol. The molecule has 5 nitrogen and oxygen atoms in total. The molecule has 0 saturated heterocycles. The van der Waals surface area contributed by atoms with E-state index in [1.165, 1.54) is 0 Å². The molecule has 74 valence electrons. The molecule has 6 N–H and O–H groups in total. The third-order valence-electron chi connectivity index (χ3n) is 1.17. The Kier molecular flexibility index (Phi) is 4.76. The number of carbonyl (C=O) groups excluding carboxylic acids is 2. The maximum atomic E-state index is 10.5. The Hall–Kier alpha value is -0.780. The summed E-state index contributed by atoms with van der Waals surface area (Å²) in [6.45, 7) is 0. The van der Waals surface area contributed by atoms with Crippen molar-refractivity contribution in [3.63, 3.8) is 0 Å². The van der Waals surface area contributed by atoms with Crippen LogP contribution in [0.15, 0.2) is 10.1 Å². The highest BCUT2D eigenvalue weighted by atomic mass is 35.5. The molecule has 0 aromatic rings. The van der Waals surface area contributed by atoms with Gasteiger partial charge in [-0.3, -0.25) is 9.59 Å². The molecule has 0 heterocycles. The van der Waals surface area contributed by atoms with Gasteiger partial charge in [-0.1, -0.05) is 23.2 Å². The summed E-state index contributed by atoms with van der Waals surface area (Å²) in [7, 11) is 0. The molecule has 2 amide bonds. The van der Waals surface area contributed by atoms with E-state index in [1.807, 2.05) is 0 Å². The van der Waals surface area contributed by atoms with Crippen LogP contribution >= 0.6 is 23.2 Å². The Labute approximate surface area is 84.8 Å². The number of halogens is 2. The van der Waals surface area contributed by atoms with E-state index in [0.717, 1.165) is 0 Å². The van der Waals surface area contributed by atoms with Crippen molar-refractivity contribution in [2.24, 2.45) is 17.2 Å². The van der Waals surface area contributed by atoms with E-state index < -0.39 is 17.9 Å². The second-order valence-corrected chi connectivity index (χ2v) is 3.09. The molecule has 0 rings (SSSR count). The average Bonchev–Trinajstić information content (AvgIpc) is 2.00. The zero-order valence-electron chi connectivity index (χ0n) is 6.59. The molecule has 0 bridgehead atoms. The van der Waals surface area contributed by atoms with Crippen molar-refractivity contribution in [2.45, 2.75) is 12.5 Å². The molecule has 0 aromatic carbocycles. The minimum Gasteiger partial charge on any atom is -0.370 e. The summed E-state index contributed by atoms with van der Waals surface area (Å²) in [5.41, 5.74) is 15.0. The van der Waals surface area contributed by atoms with E-state index in [4.69, 9.17) is 40.4 Å².